The maximum absolute atomic E-state index is 12.2. The molecule has 3 heterocycles. The van der Waals surface area contributed by atoms with E-state index in [1.165, 1.54) is 17.5 Å². The number of rotatable bonds is 3. The minimum atomic E-state index is -0.260. The monoisotopic (exact) mass is 303 g/mol. The third-order valence-corrected chi connectivity index (χ3v) is 4.34. The van der Waals surface area contributed by atoms with Gasteiger partial charge in [-0.25, -0.2) is 0 Å². The highest BCUT2D eigenvalue weighted by molar-refractivity contribution is 7.21. The summed E-state index contributed by atoms with van der Waals surface area (Å²) in [6.45, 7) is 4.05. The van der Waals surface area contributed by atoms with Crippen molar-refractivity contribution in [2.24, 2.45) is 0 Å². The maximum atomic E-state index is 12.2. The number of nitrogens with one attached hydrogen (secondary N) is 1. The van der Waals surface area contributed by atoms with Crippen molar-refractivity contribution < 1.29 is 9.32 Å². The summed E-state index contributed by atoms with van der Waals surface area (Å²) in [5.41, 5.74) is 8.30. The molecule has 8 heteroatoms. The molecule has 0 aromatic carbocycles. The molecule has 1 amide bonds. The molecular weight excluding hydrogens is 290 g/mol. The molecule has 0 spiro atoms. The number of nitrogens with two attached hydrogens (primary N) is 1. The SMILES string of the molecule is Cc1nnc2sc(C(=O)NCc3ccno3)c(N)c2c1C. The Hall–Kier alpha value is -2.48. The number of aromatic nitrogens is 3. The number of amides is 1. The molecule has 3 aromatic rings. The Morgan fingerprint density at radius 1 is 1.43 bits per heavy atom. The van der Waals surface area contributed by atoms with E-state index < -0.39 is 0 Å². The molecule has 0 atom stereocenters. The van der Waals surface area contributed by atoms with Gasteiger partial charge < -0.3 is 15.6 Å². The van der Waals surface area contributed by atoms with Crippen molar-refractivity contribution in [3.8, 4) is 0 Å². The first-order valence-corrected chi connectivity index (χ1v) is 7.09. The highest BCUT2D eigenvalue weighted by Crippen LogP contribution is 2.34. The Morgan fingerprint density at radius 2 is 2.24 bits per heavy atom. The second kappa shape index (κ2) is 5.13. The number of nitrogen functional groups attached to an aromatic ring is 1. The van der Waals surface area contributed by atoms with Crippen LogP contribution in [-0.2, 0) is 6.54 Å². The lowest BCUT2D eigenvalue weighted by Gasteiger charge is -2.02. The van der Waals surface area contributed by atoms with Gasteiger partial charge in [0.25, 0.3) is 5.91 Å². The molecule has 21 heavy (non-hydrogen) atoms. The maximum Gasteiger partial charge on any atom is 0.263 e. The molecular formula is C13H13N5O2S. The Morgan fingerprint density at radius 3 is 2.95 bits per heavy atom. The fraction of sp³-hybridized carbons (Fsp3) is 0.231. The molecule has 3 N–H and O–H groups in total. The van der Waals surface area contributed by atoms with Crippen molar-refractivity contribution in [3.63, 3.8) is 0 Å². The van der Waals surface area contributed by atoms with E-state index in [0.29, 0.717) is 21.2 Å². The molecule has 7 nitrogen and oxygen atoms in total. The van der Waals surface area contributed by atoms with Crippen LogP contribution in [0.5, 0.6) is 0 Å². The minimum Gasteiger partial charge on any atom is -0.397 e. The average Bonchev–Trinajstić information content (AvgIpc) is 3.09. The van der Waals surface area contributed by atoms with Crippen LogP contribution in [0.15, 0.2) is 16.8 Å². The molecule has 0 bridgehead atoms. The first-order chi connectivity index (χ1) is 10.1. The van der Waals surface area contributed by atoms with Gasteiger partial charge in [0.15, 0.2) is 5.76 Å². The molecule has 0 aliphatic heterocycles. The van der Waals surface area contributed by atoms with E-state index in [1.807, 2.05) is 13.8 Å². The Labute approximate surface area is 124 Å². The van der Waals surface area contributed by atoms with E-state index in [1.54, 1.807) is 6.07 Å². The second-order valence-corrected chi connectivity index (χ2v) is 5.60. The standard InChI is InChI=1S/C13H13N5O2S/c1-6-7(2)17-18-13-9(6)10(14)11(21-13)12(19)15-5-8-3-4-16-20-8/h3-4H,5,14H2,1-2H3,(H,15,19). The van der Waals surface area contributed by atoms with Crippen LogP contribution in [0.2, 0.25) is 0 Å². The van der Waals surface area contributed by atoms with Gasteiger partial charge in [0.2, 0.25) is 0 Å². The van der Waals surface area contributed by atoms with Crippen molar-refractivity contribution >= 4 is 33.1 Å². The van der Waals surface area contributed by atoms with Gasteiger partial charge >= 0.3 is 0 Å². The number of carbonyl (C=O) groups is 1. The van der Waals surface area contributed by atoms with E-state index in [2.05, 4.69) is 20.7 Å². The summed E-state index contributed by atoms with van der Waals surface area (Å²) in [6, 6.07) is 1.69. The molecule has 3 rings (SSSR count). The molecule has 0 saturated carbocycles. The molecule has 0 aliphatic rings. The third kappa shape index (κ3) is 2.33. The van der Waals surface area contributed by atoms with Crippen LogP contribution in [0, 0.1) is 13.8 Å². The Balaban J connectivity index is 1.91. The quantitative estimate of drug-likeness (QED) is 0.764. The third-order valence-electron chi connectivity index (χ3n) is 3.26. The van der Waals surface area contributed by atoms with Crippen molar-refractivity contribution in [2.45, 2.75) is 20.4 Å². The number of fused-ring (bicyclic) bond motifs is 1. The summed E-state index contributed by atoms with van der Waals surface area (Å²) in [6.07, 6.45) is 1.52. The summed E-state index contributed by atoms with van der Waals surface area (Å²) in [7, 11) is 0. The number of thiophene rings is 1. The summed E-state index contributed by atoms with van der Waals surface area (Å²) in [5.74, 6) is 0.318. The smallest absolute Gasteiger partial charge is 0.263 e. The lowest BCUT2D eigenvalue weighted by Crippen LogP contribution is -2.22. The van der Waals surface area contributed by atoms with Gasteiger partial charge in [0, 0.05) is 11.5 Å². The van der Waals surface area contributed by atoms with Crippen LogP contribution in [0.3, 0.4) is 0 Å². The van der Waals surface area contributed by atoms with E-state index in [-0.39, 0.29) is 12.5 Å². The molecule has 0 radical (unpaired) electrons. The predicted octanol–water partition coefficient (Wildman–Crippen LogP) is 1.81. The first kappa shape index (κ1) is 13.5. The zero-order valence-electron chi connectivity index (χ0n) is 11.5. The van der Waals surface area contributed by atoms with Crippen LogP contribution in [0.4, 0.5) is 5.69 Å². The van der Waals surface area contributed by atoms with Gasteiger partial charge in [-0.3, -0.25) is 4.79 Å². The predicted molar refractivity (Wildman–Crippen MR) is 79.0 cm³/mol. The van der Waals surface area contributed by atoms with Gasteiger partial charge in [0.05, 0.1) is 24.1 Å². The van der Waals surface area contributed by atoms with Crippen LogP contribution in [-0.4, -0.2) is 21.3 Å². The zero-order chi connectivity index (χ0) is 15.0. The first-order valence-electron chi connectivity index (χ1n) is 6.27. The van der Waals surface area contributed by atoms with Crippen LogP contribution in [0.1, 0.15) is 26.7 Å². The topological polar surface area (TPSA) is 107 Å². The summed E-state index contributed by atoms with van der Waals surface area (Å²) >= 11 is 1.24. The Bertz CT molecular complexity index is 810. The summed E-state index contributed by atoms with van der Waals surface area (Å²) < 4.78 is 4.93. The number of aryl methyl sites for hydroxylation is 2. The normalized spacial score (nSPS) is 11.0. The van der Waals surface area contributed by atoms with Gasteiger partial charge in [-0.15, -0.1) is 16.4 Å². The molecule has 0 saturated heterocycles. The summed E-state index contributed by atoms with van der Waals surface area (Å²) in [5, 5.41) is 15.3. The number of carbonyl (C=O) groups excluding carboxylic acids is 1. The number of nitrogens with zero attached hydrogens (tertiary/aromatic N) is 3. The van der Waals surface area contributed by atoms with Crippen molar-refractivity contribution in [1.82, 2.24) is 20.7 Å². The van der Waals surface area contributed by atoms with E-state index >= 15 is 0 Å². The van der Waals surface area contributed by atoms with Gasteiger partial charge in [-0.2, -0.15) is 5.10 Å². The van der Waals surface area contributed by atoms with Crippen LogP contribution >= 0.6 is 11.3 Å². The molecule has 0 unspecified atom stereocenters. The minimum absolute atomic E-state index is 0.260. The highest BCUT2D eigenvalue weighted by Gasteiger charge is 2.19. The number of hydrogen-bond donors (Lipinski definition) is 2. The number of hydrogen-bond acceptors (Lipinski definition) is 7. The average molecular weight is 303 g/mol. The van der Waals surface area contributed by atoms with Crippen LogP contribution < -0.4 is 11.1 Å². The largest absolute Gasteiger partial charge is 0.397 e. The summed E-state index contributed by atoms with van der Waals surface area (Å²) in [4.78, 5) is 13.3. The molecule has 3 aromatic heterocycles. The lowest BCUT2D eigenvalue weighted by atomic mass is 10.1. The fourth-order valence-corrected chi connectivity index (χ4v) is 3.01. The number of anilines is 1. The lowest BCUT2D eigenvalue weighted by molar-refractivity contribution is 0.0952. The molecule has 0 fully saturated rings. The highest BCUT2D eigenvalue weighted by atomic mass is 32.1. The van der Waals surface area contributed by atoms with E-state index in [0.717, 1.165) is 16.6 Å². The zero-order valence-corrected chi connectivity index (χ0v) is 12.3. The van der Waals surface area contributed by atoms with Gasteiger partial charge in [-0.1, -0.05) is 5.16 Å². The van der Waals surface area contributed by atoms with Crippen molar-refractivity contribution in [1.29, 1.82) is 0 Å². The van der Waals surface area contributed by atoms with E-state index in [4.69, 9.17) is 10.3 Å². The second-order valence-electron chi connectivity index (χ2n) is 4.60. The van der Waals surface area contributed by atoms with E-state index in [9.17, 15) is 4.79 Å². The van der Waals surface area contributed by atoms with Gasteiger partial charge in [0.1, 0.15) is 9.71 Å². The van der Waals surface area contributed by atoms with Crippen molar-refractivity contribution in [2.75, 3.05) is 5.73 Å². The van der Waals surface area contributed by atoms with Crippen molar-refractivity contribution in [3.05, 3.63) is 34.2 Å². The van der Waals surface area contributed by atoms with Crippen LogP contribution in [0.25, 0.3) is 10.2 Å². The molecule has 108 valence electrons. The van der Waals surface area contributed by atoms with Gasteiger partial charge in [-0.05, 0) is 19.4 Å². The molecule has 0 aliphatic carbocycles. The fourth-order valence-electron chi connectivity index (χ4n) is 1.99. The Kier molecular flexibility index (Phi) is 3.30.